The molecule has 0 aliphatic rings. The van der Waals surface area contributed by atoms with Crippen LogP contribution in [0.2, 0.25) is 0 Å². The Kier molecular flexibility index (Phi) is 3.78. The highest BCUT2D eigenvalue weighted by Gasteiger charge is 2.03. The lowest BCUT2D eigenvalue weighted by Crippen LogP contribution is -2.06. The Hall–Kier alpha value is -1.36. The van der Waals surface area contributed by atoms with E-state index in [0.717, 1.165) is 23.3 Å². The molecule has 2 aromatic rings. The molecule has 0 aliphatic carbocycles. The SMILES string of the molecule is Cc1ccnc(NCCc2cnn(C)c2)c1Br. The fourth-order valence-electron chi connectivity index (χ4n) is 1.59. The number of aromatic nitrogens is 3. The van der Waals surface area contributed by atoms with E-state index in [1.54, 1.807) is 0 Å². The number of aryl methyl sites for hydroxylation is 2. The minimum absolute atomic E-state index is 0.848. The molecular formula is C12H15BrN4. The number of halogens is 1. The Labute approximate surface area is 109 Å². The number of hydrogen-bond donors (Lipinski definition) is 1. The molecule has 0 fully saturated rings. The zero-order valence-corrected chi connectivity index (χ0v) is 11.5. The van der Waals surface area contributed by atoms with Crippen molar-refractivity contribution in [3.63, 3.8) is 0 Å². The predicted molar refractivity (Wildman–Crippen MR) is 72.1 cm³/mol. The number of pyridine rings is 1. The summed E-state index contributed by atoms with van der Waals surface area (Å²) in [6, 6.07) is 1.98. The van der Waals surface area contributed by atoms with Crippen molar-refractivity contribution in [3.8, 4) is 0 Å². The Bertz CT molecular complexity index is 507. The average Bonchev–Trinajstić information content (AvgIpc) is 2.70. The third kappa shape index (κ3) is 3.06. The standard InChI is InChI=1S/C12H15BrN4/c1-9-3-5-14-12(11(9)13)15-6-4-10-7-16-17(2)8-10/h3,5,7-8H,4,6H2,1-2H3,(H,14,15). The predicted octanol–water partition coefficient (Wildman–Crippen LogP) is 2.54. The molecule has 0 saturated carbocycles. The molecule has 90 valence electrons. The van der Waals surface area contributed by atoms with E-state index in [1.165, 1.54) is 11.1 Å². The van der Waals surface area contributed by atoms with Crippen LogP contribution in [0, 0.1) is 6.92 Å². The summed E-state index contributed by atoms with van der Waals surface area (Å²) in [4.78, 5) is 4.30. The first-order valence-electron chi connectivity index (χ1n) is 5.49. The molecule has 0 bridgehead atoms. The van der Waals surface area contributed by atoms with Gasteiger partial charge in [0.25, 0.3) is 0 Å². The maximum absolute atomic E-state index is 4.30. The third-order valence-electron chi connectivity index (χ3n) is 2.55. The first-order chi connectivity index (χ1) is 8.16. The van der Waals surface area contributed by atoms with E-state index in [4.69, 9.17) is 0 Å². The van der Waals surface area contributed by atoms with Crippen molar-refractivity contribution < 1.29 is 0 Å². The Morgan fingerprint density at radius 3 is 3.00 bits per heavy atom. The van der Waals surface area contributed by atoms with Crippen molar-refractivity contribution in [1.29, 1.82) is 0 Å². The molecule has 0 saturated heterocycles. The summed E-state index contributed by atoms with van der Waals surface area (Å²) in [6.45, 7) is 2.90. The number of hydrogen-bond acceptors (Lipinski definition) is 3. The summed E-state index contributed by atoms with van der Waals surface area (Å²) < 4.78 is 2.85. The van der Waals surface area contributed by atoms with Crippen molar-refractivity contribution in [3.05, 3.63) is 40.3 Å². The molecule has 0 aliphatic heterocycles. The van der Waals surface area contributed by atoms with Gasteiger partial charge in [-0.2, -0.15) is 5.10 Å². The van der Waals surface area contributed by atoms with Gasteiger partial charge < -0.3 is 5.32 Å². The van der Waals surface area contributed by atoms with E-state index < -0.39 is 0 Å². The molecule has 0 amide bonds. The van der Waals surface area contributed by atoms with Crippen LogP contribution in [0.3, 0.4) is 0 Å². The molecule has 2 heterocycles. The summed E-state index contributed by atoms with van der Waals surface area (Å²) in [5.74, 6) is 0.897. The van der Waals surface area contributed by atoms with Crippen molar-refractivity contribution in [2.75, 3.05) is 11.9 Å². The van der Waals surface area contributed by atoms with Gasteiger partial charge in [0.2, 0.25) is 0 Å². The Balaban J connectivity index is 1.92. The van der Waals surface area contributed by atoms with Gasteiger partial charge in [0, 0.05) is 26.0 Å². The lowest BCUT2D eigenvalue weighted by molar-refractivity contribution is 0.767. The van der Waals surface area contributed by atoms with Gasteiger partial charge >= 0.3 is 0 Å². The maximum Gasteiger partial charge on any atom is 0.140 e. The summed E-state index contributed by atoms with van der Waals surface area (Å²) in [7, 11) is 1.93. The topological polar surface area (TPSA) is 42.7 Å². The van der Waals surface area contributed by atoms with Crippen LogP contribution < -0.4 is 5.32 Å². The summed E-state index contributed by atoms with van der Waals surface area (Å²) in [6.07, 6.45) is 6.67. The average molecular weight is 295 g/mol. The molecule has 2 rings (SSSR count). The van der Waals surface area contributed by atoms with E-state index in [9.17, 15) is 0 Å². The molecule has 0 atom stereocenters. The fraction of sp³-hybridized carbons (Fsp3) is 0.333. The summed E-state index contributed by atoms with van der Waals surface area (Å²) in [5, 5.41) is 7.45. The molecular weight excluding hydrogens is 280 g/mol. The van der Waals surface area contributed by atoms with Crippen LogP contribution in [0.25, 0.3) is 0 Å². The highest BCUT2D eigenvalue weighted by molar-refractivity contribution is 9.10. The van der Waals surface area contributed by atoms with Gasteiger partial charge in [-0.25, -0.2) is 4.98 Å². The van der Waals surface area contributed by atoms with Crippen molar-refractivity contribution in [2.45, 2.75) is 13.3 Å². The van der Waals surface area contributed by atoms with Crippen molar-refractivity contribution >= 4 is 21.7 Å². The number of anilines is 1. The van der Waals surface area contributed by atoms with E-state index in [1.807, 2.05) is 36.4 Å². The monoisotopic (exact) mass is 294 g/mol. The number of nitrogens with one attached hydrogen (secondary N) is 1. The third-order valence-corrected chi connectivity index (χ3v) is 3.55. The molecule has 0 radical (unpaired) electrons. The lowest BCUT2D eigenvalue weighted by Gasteiger charge is -2.08. The maximum atomic E-state index is 4.30. The van der Waals surface area contributed by atoms with Crippen LogP contribution in [0.1, 0.15) is 11.1 Å². The van der Waals surface area contributed by atoms with Crippen molar-refractivity contribution in [1.82, 2.24) is 14.8 Å². The quantitative estimate of drug-likeness (QED) is 0.942. The van der Waals surface area contributed by atoms with Gasteiger partial charge in [0.15, 0.2) is 0 Å². The van der Waals surface area contributed by atoms with Crippen molar-refractivity contribution in [2.24, 2.45) is 7.05 Å². The van der Waals surface area contributed by atoms with Crippen LogP contribution in [0.5, 0.6) is 0 Å². The van der Waals surface area contributed by atoms with Crippen LogP contribution in [0.15, 0.2) is 29.1 Å². The van der Waals surface area contributed by atoms with E-state index in [-0.39, 0.29) is 0 Å². The van der Waals surface area contributed by atoms with Gasteiger partial charge in [-0.1, -0.05) is 0 Å². The first kappa shape index (κ1) is 12.1. The molecule has 0 aromatic carbocycles. The van der Waals surface area contributed by atoms with Crippen LogP contribution in [-0.2, 0) is 13.5 Å². The normalized spacial score (nSPS) is 10.5. The first-order valence-corrected chi connectivity index (χ1v) is 6.28. The molecule has 0 unspecified atom stereocenters. The minimum Gasteiger partial charge on any atom is -0.369 e. The summed E-state index contributed by atoms with van der Waals surface area (Å²) >= 11 is 3.53. The Morgan fingerprint density at radius 1 is 1.47 bits per heavy atom. The van der Waals surface area contributed by atoms with E-state index in [0.29, 0.717) is 0 Å². The number of rotatable bonds is 4. The largest absolute Gasteiger partial charge is 0.369 e. The lowest BCUT2D eigenvalue weighted by atomic mass is 10.2. The Morgan fingerprint density at radius 2 is 2.29 bits per heavy atom. The van der Waals surface area contributed by atoms with Crippen LogP contribution in [-0.4, -0.2) is 21.3 Å². The molecule has 17 heavy (non-hydrogen) atoms. The smallest absolute Gasteiger partial charge is 0.140 e. The fourth-order valence-corrected chi connectivity index (χ4v) is 1.96. The zero-order valence-electron chi connectivity index (χ0n) is 9.94. The number of nitrogens with zero attached hydrogens (tertiary/aromatic N) is 3. The van der Waals surface area contributed by atoms with E-state index in [2.05, 4.69) is 38.3 Å². The van der Waals surface area contributed by atoms with Crippen LogP contribution >= 0.6 is 15.9 Å². The molecule has 2 aromatic heterocycles. The highest BCUT2D eigenvalue weighted by atomic mass is 79.9. The minimum atomic E-state index is 0.848. The van der Waals surface area contributed by atoms with Gasteiger partial charge in [0.1, 0.15) is 5.82 Å². The second-order valence-electron chi connectivity index (χ2n) is 3.99. The molecule has 4 nitrogen and oxygen atoms in total. The van der Waals surface area contributed by atoms with Crippen LogP contribution in [0.4, 0.5) is 5.82 Å². The zero-order chi connectivity index (χ0) is 12.3. The second-order valence-corrected chi connectivity index (χ2v) is 4.78. The van der Waals surface area contributed by atoms with Gasteiger partial charge in [-0.15, -0.1) is 0 Å². The summed E-state index contributed by atoms with van der Waals surface area (Å²) in [5.41, 5.74) is 2.41. The molecule has 5 heteroatoms. The van der Waals surface area contributed by atoms with Gasteiger partial charge in [-0.05, 0) is 46.5 Å². The van der Waals surface area contributed by atoms with Gasteiger partial charge in [0.05, 0.1) is 10.7 Å². The molecule has 0 spiro atoms. The molecule has 1 N–H and O–H groups in total. The second kappa shape index (κ2) is 5.31. The van der Waals surface area contributed by atoms with Gasteiger partial charge in [-0.3, -0.25) is 4.68 Å². The highest BCUT2D eigenvalue weighted by Crippen LogP contribution is 2.22. The van der Waals surface area contributed by atoms with E-state index >= 15 is 0 Å².